The van der Waals surface area contributed by atoms with E-state index in [1.54, 1.807) is 30.3 Å². The van der Waals surface area contributed by atoms with Gasteiger partial charge in [0.15, 0.2) is 0 Å². The van der Waals surface area contributed by atoms with E-state index < -0.39 is 5.97 Å². The van der Waals surface area contributed by atoms with E-state index in [0.717, 1.165) is 18.0 Å². The number of carbonyl (C=O) groups excluding carboxylic acids is 1. The highest BCUT2D eigenvalue weighted by Gasteiger charge is 2.32. The zero-order valence-corrected chi connectivity index (χ0v) is 13.1. The first-order valence-electron chi connectivity index (χ1n) is 8.12. The lowest BCUT2D eigenvalue weighted by molar-refractivity contribution is -0.136. The molecule has 4 rings (SSSR count). The molecule has 3 aliphatic rings. The van der Waals surface area contributed by atoms with E-state index in [1.807, 2.05) is 6.08 Å². The Labute approximate surface area is 136 Å². The average Bonchev–Trinajstić information content (AvgIpc) is 2.55. The highest BCUT2D eigenvalue weighted by molar-refractivity contribution is 5.99. The summed E-state index contributed by atoms with van der Waals surface area (Å²) in [5.41, 5.74) is 1.40. The Balaban J connectivity index is 1.52. The predicted molar refractivity (Wildman–Crippen MR) is 88.2 cm³/mol. The minimum Gasteiger partial charge on any atom is -0.481 e. The topological polar surface area (TPSA) is 69.6 Å². The lowest BCUT2D eigenvalue weighted by atomic mass is 9.79. The normalized spacial score (nSPS) is 26.3. The second kappa shape index (κ2) is 6.96. The van der Waals surface area contributed by atoms with Gasteiger partial charge in [-0.1, -0.05) is 18.2 Å². The van der Waals surface area contributed by atoms with Crippen LogP contribution in [0.4, 0.5) is 5.69 Å². The number of carbonyl (C=O) groups is 2. The first-order chi connectivity index (χ1) is 11.1. The van der Waals surface area contributed by atoms with Gasteiger partial charge in [-0.15, -0.1) is 0 Å². The van der Waals surface area contributed by atoms with E-state index in [4.69, 9.17) is 5.11 Å². The Morgan fingerprint density at radius 3 is 2.48 bits per heavy atom. The summed E-state index contributed by atoms with van der Waals surface area (Å²) in [4.78, 5) is 25.1. The number of aliphatic carboxylic acids is 1. The molecule has 3 aliphatic heterocycles. The minimum absolute atomic E-state index is 0.00625. The third-order valence-corrected chi connectivity index (χ3v) is 4.78. The van der Waals surface area contributed by atoms with Crippen molar-refractivity contribution in [2.45, 2.75) is 19.3 Å². The van der Waals surface area contributed by atoms with Gasteiger partial charge in [0, 0.05) is 12.2 Å². The van der Waals surface area contributed by atoms with Crippen molar-refractivity contribution in [3.05, 3.63) is 42.0 Å². The number of hydrogen-bond donors (Lipinski definition) is 2. The molecule has 122 valence electrons. The van der Waals surface area contributed by atoms with Crippen LogP contribution in [-0.4, -0.2) is 41.5 Å². The van der Waals surface area contributed by atoms with Crippen molar-refractivity contribution >= 4 is 17.6 Å². The van der Waals surface area contributed by atoms with Crippen molar-refractivity contribution in [1.82, 2.24) is 4.90 Å². The second-order valence-corrected chi connectivity index (χ2v) is 6.42. The first-order valence-corrected chi connectivity index (χ1v) is 8.12. The molecule has 0 spiro atoms. The van der Waals surface area contributed by atoms with E-state index in [9.17, 15) is 9.59 Å². The van der Waals surface area contributed by atoms with Gasteiger partial charge < -0.3 is 15.3 Å². The highest BCUT2D eigenvalue weighted by atomic mass is 16.4. The summed E-state index contributed by atoms with van der Waals surface area (Å²) in [5, 5.41) is 11.6. The van der Waals surface area contributed by atoms with Gasteiger partial charge in [0.2, 0.25) is 5.91 Å². The molecule has 2 bridgehead atoms. The lowest BCUT2D eigenvalue weighted by Crippen LogP contribution is -2.46. The fourth-order valence-electron chi connectivity index (χ4n) is 3.50. The van der Waals surface area contributed by atoms with E-state index in [2.05, 4.69) is 10.2 Å². The fourth-order valence-corrected chi connectivity index (χ4v) is 3.50. The fraction of sp³-hybridized carbons (Fsp3) is 0.444. The number of carboxylic acids is 1. The monoisotopic (exact) mass is 314 g/mol. The van der Waals surface area contributed by atoms with Gasteiger partial charge in [-0.05, 0) is 61.5 Å². The molecule has 1 atom stereocenters. The van der Waals surface area contributed by atoms with Crippen LogP contribution in [0.1, 0.15) is 18.4 Å². The summed E-state index contributed by atoms with van der Waals surface area (Å²) in [6.07, 6.45) is 6.15. The molecule has 0 aromatic heterocycles. The summed E-state index contributed by atoms with van der Waals surface area (Å²) in [5.74, 6) is 0.218. The molecule has 0 saturated carbocycles. The molecule has 1 aromatic rings. The van der Waals surface area contributed by atoms with Crippen molar-refractivity contribution < 1.29 is 14.7 Å². The van der Waals surface area contributed by atoms with Crippen LogP contribution in [0.5, 0.6) is 0 Å². The minimum atomic E-state index is -0.859. The summed E-state index contributed by atoms with van der Waals surface area (Å²) < 4.78 is 0. The highest BCUT2D eigenvalue weighted by Crippen LogP contribution is 2.32. The molecule has 5 nitrogen and oxygen atoms in total. The molecular weight excluding hydrogens is 292 g/mol. The Hall–Kier alpha value is -2.14. The van der Waals surface area contributed by atoms with Gasteiger partial charge in [-0.25, -0.2) is 0 Å². The predicted octanol–water partition coefficient (Wildman–Crippen LogP) is 2.15. The molecule has 0 aliphatic carbocycles. The SMILES string of the molecule is O=C(O)Cc1ccc(NC(=O)/C=C/C2CN3CCC2CC3)cc1. The molecular formula is C18H22N2O3. The van der Waals surface area contributed by atoms with E-state index in [1.165, 1.54) is 25.9 Å². The van der Waals surface area contributed by atoms with E-state index >= 15 is 0 Å². The van der Waals surface area contributed by atoms with Crippen LogP contribution in [0.3, 0.4) is 0 Å². The van der Waals surface area contributed by atoms with Gasteiger partial charge in [0.05, 0.1) is 6.42 Å². The number of piperidine rings is 3. The number of amides is 1. The molecule has 0 radical (unpaired) electrons. The molecule has 3 fully saturated rings. The maximum absolute atomic E-state index is 12.0. The van der Waals surface area contributed by atoms with Gasteiger partial charge in [0.25, 0.3) is 0 Å². The molecule has 23 heavy (non-hydrogen) atoms. The number of nitrogens with zero attached hydrogens (tertiary/aromatic N) is 1. The van der Waals surface area contributed by atoms with Crippen molar-refractivity contribution in [2.75, 3.05) is 25.0 Å². The number of fused-ring (bicyclic) bond motifs is 3. The Morgan fingerprint density at radius 2 is 1.91 bits per heavy atom. The smallest absolute Gasteiger partial charge is 0.307 e. The maximum Gasteiger partial charge on any atom is 0.307 e. The van der Waals surface area contributed by atoms with Gasteiger partial charge in [-0.2, -0.15) is 0 Å². The Bertz CT molecular complexity index is 601. The van der Waals surface area contributed by atoms with Crippen molar-refractivity contribution in [3.63, 3.8) is 0 Å². The van der Waals surface area contributed by atoms with Crippen molar-refractivity contribution in [1.29, 1.82) is 0 Å². The van der Waals surface area contributed by atoms with Crippen LogP contribution < -0.4 is 5.32 Å². The Kier molecular flexibility index (Phi) is 4.76. The van der Waals surface area contributed by atoms with Crippen LogP contribution in [0.2, 0.25) is 0 Å². The van der Waals surface area contributed by atoms with Gasteiger partial charge in [0.1, 0.15) is 0 Å². The van der Waals surface area contributed by atoms with Crippen LogP contribution in [0, 0.1) is 11.8 Å². The zero-order chi connectivity index (χ0) is 16.2. The summed E-state index contributed by atoms with van der Waals surface area (Å²) >= 11 is 0. The van der Waals surface area contributed by atoms with E-state index in [-0.39, 0.29) is 12.3 Å². The van der Waals surface area contributed by atoms with E-state index in [0.29, 0.717) is 11.6 Å². The third kappa shape index (κ3) is 4.20. The van der Waals surface area contributed by atoms with Crippen LogP contribution >= 0.6 is 0 Å². The molecule has 2 N–H and O–H groups in total. The quantitative estimate of drug-likeness (QED) is 0.817. The average molecular weight is 314 g/mol. The largest absolute Gasteiger partial charge is 0.481 e. The zero-order valence-electron chi connectivity index (χ0n) is 13.1. The second-order valence-electron chi connectivity index (χ2n) is 6.42. The number of hydrogen-bond acceptors (Lipinski definition) is 3. The number of carboxylic acid groups (broad SMARTS) is 1. The number of anilines is 1. The first kappa shape index (κ1) is 15.7. The van der Waals surface area contributed by atoms with Gasteiger partial charge >= 0.3 is 5.97 Å². The van der Waals surface area contributed by atoms with Crippen LogP contribution in [0.25, 0.3) is 0 Å². The Morgan fingerprint density at radius 1 is 1.22 bits per heavy atom. The molecule has 1 aromatic carbocycles. The summed E-state index contributed by atoms with van der Waals surface area (Å²) in [7, 11) is 0. The number of nitrogens with one attached hydrogen (secondary N) is 1. The van der Waals surface area contributed by atoms with Crippen molar-refractivity contribution in [3.8, 4) is 0 Å². The summed E-state index contributed by atoms with van der Waals surface area (Å²) in [6, 6.07) is 6.91. The molecule has 5 heteroatoms. The number of benzene rings is 1. The third-order valence-electron chi connectivity index (χ3n) is 4.78. The molecule has 1 unspecified atom stereocenters. The van der Waals surface area contributed by atoms with Crippen molar-refractivity contribution in [2.24, 2.45) is 11.8 Å². The lowest BCUT2D eigenvalue weighted by Gasteiger charge is -2.43. The van der Waals surface area contributed by atoms with Crippen LogP contribution in [0.15, 0.2) is 36.4 Å². The van der Waals surface area contributed by atoms with Crippen LogP contribution in [-0.2, 0) is 16.0 Å². The van der Waals surface area contributed by atoms with Gasteiger partial charge in [-0.3, -0.25) is 9.59 Å². The summed E-state index contributed by atoms with van der Waals surface area (Å²) in [6.45, 7) is 3.46. The molecule has 3 saturated heterocycles. The standard InChI is InChI=1S/C18H22N2O3/c21-17(6-3-15-12-20-9-7-14(15)8-10-20)19-16-4-1-13(2-5-16)11-18(22)23/h1-6,14-15H,7-12H2,(H,19,21)(H,22,23)/b6-3+. The molecule has 1 amide bonds. The maximum atomic E-state index is 12.0. The number of rotatable bonds is 5. The molecule has 3 heterocycles.